The van der Waals surface area contributed by atoms with Crippen molar-refractivity contribution in [2.75, 3.05) is 18.5 Å². The Hall–Kier alpha value is -1.54. The molecule has 1 unspecified atom stereocenters. The molecule has 2 nitrogen and oxygen atoms in total. The summed E-state index contributed by atoms with van der Waals surface area (Å²) < 4.78 is 0. The van der Waals surface area contributed by atoms with Crippen LogP contribution in [0.3, 0.4) is 0 Å². The van der Waals surface area contributed by atoms with Gasteiger partial charge in [-0.05, 0) is 18.1 Å². The number of aromatic nitrogens is 1. The molecule has 3 heteroatoms. The Balaban J connectivity index is 2.25. The molecule has 0 radical (unpaired) electrons. The van der Waals surface area contributed by atoms with Gasteiger partial charge in [-0.2, -0.15) is 0 Å². The van der Waals surface area contributed by atoms with Gasteiger partial charge in [0.15, 0.2) is 0 Å². The normalized spacial score (nSPS) is 18.3. The fraction of sp³-hybridized carbons (Fsp3) is 0.312. The predicted molar refractivity (Wildman–Crippen MR) is 81.0 cm³/mol. The van der Waals surface area contributed by atoms with E-state index in [4.69, 9.17) is 11.6 Å². The molecule has 0 saturated heterocycles. The average Bonchev–Trinajstić information content (AvgIpc) is 2.43. The van der Waals surface area contributed by atoms with Crippen LogP contribution in [0.4, 0.5) is 5.69 Å². The van der Waals surface area contributed by atoms with Crippen LogP contribution in [0.1, 0.15) is 25.0 Å². The molecule has 0 fully saturated rings. The van der Waals surface area contributed by atoms with Gasteiger partial charge in [0, 0.05) is 25.1 Å². The molecule has 0 aliphatic carbocycles. The zero-order valence-corrected chi connectivity index (χ0v) is 12.0. The van der Waals surface area contributed by atoms with Crippen molar-refractivity contribution in [3.05, 3.63) is 47.2 Å². The molecular formula is C16H17ClN2. The molecule has 3 rings (SSSR count). The first kappa shape index (κ1) is 12.5. The van der Waals surface area contributed by atoms with Gasteiger partial charge in [0.25, 0.3) is 0 Å². The lowest BCUT2D eigenvalue weighted by molar-refractivity contribution is 0.619. The highest BCUT2D eigenvalue weighted by molar-refractivity contribution is 6.29. The van der Waals surface area contributed by atoms with Crippen molar-refractivity contribution < 1.29 is 0 Å². The molecule has 1 aliphatic rings. The molecule has 0 spiro atoms. The summed E-state index contributed by atoms with van der Waals surface area (Å²) in [5, 5.41) is 0.583. The number of benzene rings is 1. The number of halogens is 1. The number of hydrogen-bond donors (Lipinski definition) is 0. The van der Waals surface area contributed by atoms with Crippen LogP contribution >= 0.6 is 11.6 Å². The van der Waals surface area contributed by atoms with Gasteiger partial charge >= 0.3 is 0 Å². The monoisotopic (exact) mass is 272 g/mol. The van der Waals surface area contributed by atoms with E-state index in [2.05, 4.69) is 48.1 Å². The lowest BCUT2D eigenvalue weighted by Crippen LogP contribution is -2.28. The first-order chi connectivity index (χ1) is 9.16. The van der Waals surface area contributed by atoms with Crippen LogP contribution in [-0.2, 0) is 0 Å². The second kappa shape index (κ2) is 4.86. The van der Waals surface area contributed by atoms with E-state index in [1.807, 2.05) is 12.1 Å². The van der Waals surface area contributed by atoms with E-state index in [0.717, 1.165) is 18.7 Å². The highest BCUT2D eigenvalue weighted by Crippen LogP contribution is 2.41. The molecule has 19 heavy (non-hydrogen) atoms. The summed E-state index contributed by atoms with van der Waals surface area (Å²) in [6.07, 6.45) is 1.13. The molecule has 2 heterocycles. The van der Waals surface area contributed by atoms with Gasteiger partial charge in [0.05, 0.1) is 11.4 Å². The highest BCUT2D eigenvalue weighted by Gasteiger charge is 2.25. The molecule has 0 amide bonds. The summed E-state index contributed by atoms with van der Waals surface area (Å²) in [5.41, 5.74) is 4.74. The minimum Gasteiger partial charge on any atom is -0.373 e. The molecule has 1 aromatic carbocycles. The maximum Gasteiger partial charge on any atom is 0.130 e. The standard InChI is InChI=1S/C16H17ClN2/c1-11-8-9-19(2)16-13(10-14(17)18-15(11)16)12-6-4-3-5-7-12/h3-7,10-11H,8-9H2,1-2H3. The third-order valence-electron chi connectivity index (χ3n) is 3.82. The Morgan fingerprint density at radius 1 is 1.26 bits per heavy atom. The van der Waals surface area contributed by atoms with Crippen molar-refractivity contribution >= 4 is 17.3 Å². The maximum absolute atomic E-state index is 6.22. The van der Waals surface area contributed by atoms with Gasteiger partial charge in [0.2, 0.25) is 0 Å². The quantitative estimate of drug-likeness (QED) is 0.718. The van der Waals surface area contributed by atoms with Crippen LogP contribution < -0.4 is 4.90 Å². The van der Waals surface area contributed by atoms with Crippen molar-refractivity contribution in [1.29, 1.82) is 0 Å². The van der Waals surface area contributed by atoms with Crippen molar-refractivity contribution in [3.8, 4) is 11.1 Å². The minimum atomic E-state index is 0.465. The molecule has 0 saturated carbocycles. The van der Waals surface area contributed by atoms with Crippen LogP contribution in [0.5, 0.6) is 0 Å². The number of rotatable bonds is 1. The molecular weight excluding hydrogens is 256 g/mol. The molecule has 98 valence electrons. The van der Waals surface area contributed by atoms with Gasteiger partial charge in [0.1, 0.15) is 5.15 Å². The Morgan fingerprint density at radius 2 is 2.00 bits per heavy atom. The van der Waals surface area contributed by atoms with Crippen molar-refractivity contribution in [2.45, 2.75) is 19.3 Å². The van der Waals surface area contributed by atoms with E-state index < -0.39 is 0 Å². The van der Waals surface area contributed by atoms with Gasteiger partial charge in [-0.3, -0.25) is 0 Å². The van der Waals surface area contributed by atoms with Crippen molar-refractivity contribution in [2.24, 2.45) is 0 Å². The summed E-state index contributed by atoms with van der Waals surface area (Å²) in [4.78, 5) is 6.85. The minimum absolute atomic E-state index is 0.465. The summed E-state index contributed by atoms with van der Waals surface area (Å²) in [7, 11) is 2.13. The number of anilines is 1. The SMILES string of the molecule is CC1CCN(C)c2c(-c3ccccc3)cc(Cl)nc21. The number of hydrogen-bond acceptors (Lipinski definition) is 2. The lowest BCUT2D eigenvalue weighted by Gasteiger charge is -2.32. The van der Waals surface area contributed by atoms with Gasteiger partial charge < -0.3 is 4.90 Å². The molecule has 1 atom stereocenters. The Morgan fingerprint density at radius 3 is 2.74 bits per heavy atom. The number of fused-ring (bicyclic) bond motifs is 1. The second-order valence-corrected chi connectivity index (χ2v) is 5.59. The van der Waals surface area contributed by atoms with Crippen LogP contribution in [0.15, 0.2) is 36.4 Å². The van der Waals surface area contributed by atoms with E-state index in [-0.39, 0.29) is 0 Å². The molecule has 1 aromatic heterocycles. The Labute approximate surface area is 119 Å². The van der Waals surface area contributed by atoms with E-state index >= 15 is 0 Å². The summed E-state index contributed by atoms with van der Waals surface area (Å²) in [6, 6.07) is 12.4. The predicted octanol–water partition coefficient (Wildman–Crippen LogP) is 4.35. The topological polar surface area (TPSA) is 16.1 Å². The summed E-state index contributed by atoms with van der Waals surface area (Å²) in [6.45, 7) is 3.29. The zero-order chi connectivity index (χ0) is 13.4. The largest absolute Gasteiger partial charge is 0.373 e. The van der Waals surface area contributed by atoms with Crippen LogP contribution in [-0.4, -0.2) is 18.6 Å². The molecule has 0 bridgehead atoms. The van der Waals surface area contributed by atoms with Crippen molar-refractivity contribution in [1.82, 2.24) is 4.98 Å². The average molecular weight is 273 g/mol. The van der Waals surface area contributed by atoms with Gasteiger partial charge in [-0.15, -0.1) is 0 Å². The van der Waals surface area contributed by atoms with E-state index in [1.165, 1.54) is 16.8 Å². The number of pyridine rings is 1. The molecule has 1 aliphatic heterocycles. The fourth-order valence-corrected chi connectivity index (χ4v) is 2.94. The first-order valence-electron chi connectivity index (χ1n) is 6.64. The summed E-state index contributed by atoms with van der Waals surface area (Å²) in [5.74, 6) is 0.465. The lowest BCUT2D eigenvalue weighted by atomic mass is 9.92. The van der Waals surface area contributed by atoms with E-state index in [1.54, 1.807) is 0 Å². The second-order valence-electron chi connectivity index (χ2n) is 5.20. The van der Waals surface area contributed by atoms with Gasteiger partial charge in [-0.25, -0.2) is 4.98 Å². The highest BCUT2D eigenvalue weighted by atomic mass is 35.5. The fourth-order valence-electron chi connectivity index (χ4n) is 2.74. The molecule has 2 aromatic rings. The third-order valence-corrected chi connectivity index (χ3v) is 4.01. The maximum atomic E-state index is 6.22. The summed E-state index contributed by atoms with van der Waals surface area (Å²) >= 11 is 6.22. The Kier molecular flexibility index (Phi) is 3.19. The van der Waals surface area contributed by atoms with E-state index in [9.17, 15) is 0 Å². The number of nitrogens with zero attached hydrogens (tertiary/aromatic N) is 2. The van der Waals surface area contributed by atoms with Crippen LogP contribution in [0.2, 0.25) is 5.15 Å². The van der Waals surface area contributed by atoms with Gasteiger partial charge in [-0.1, -0.05) is 48.9 Å². The van der Waals surface area contributed by atoms with E-state index in [0.29, 0.717) is 11.1 Å². The molecule has 0 N–H and O–H groups in total. The smallest absolute Gasteiger partial charge is 0.130 e. The first-order valence-corrected chi connectivity index (χ1v) is 7.01. The van der Waals surface area contributed by atoms with Crippen molar-refractivity contribution in [3.63, 3.8) is 0 Å². The Bertz CT molecular complexity index is 595. The third kappa shape index (κ3) is 2.21. The van der Waals surface area contributed by atoms with Crippen LogP contribution in [0, 0.1) is 0 Å². The van der Waals surface area contributed by atoms with Crippen LogP contribution in [0.25, 0.3) is 11.1 Å². The zero-order valence-electron chi connectivity index (χ0n) is 11.2.